The Hall–Kier alpha value is -2.73. The summed E-state index contributed by atoms with van der Waals surface area (Å²) in [6, 6.07) is 9.13. The highest BCUT2D eigenvalue weighted by molar-refractivity contribution is 6.24. The number of fused-ring (bicyclic) bond motifs is 2. The lowest BCUT2D eigenvalue weighted by atomic mass is 9.54. The number of para-hydroxylation sites is 1. The van der Waals surface area contributed by atoms with Gasteiger partial charge in [0.15, 0.2) is 0 Å². The molecule has 6 atom stereocenters. The van der Waals surface area contributed by atoms with Gasteiger partial charge in [-0.1, -0.05) is 36.4 Å². The number of amides is 3. The molecule has 154 valence electrons. The number of carbonyl (C=O) groups excluding carboxylic acids is 3. The van der Waals surface area contributed by atoms with Crippen molar-refractivity contribution in [1.29, 1.82) is 0 Å². The molecule has 5 aliphatic heterocycles. The van der Waals surface area contributed by atoms with Gasteiger partial charge in [0.2, 0.25) is 17.7 Å². The van der Waals surface area contributed by atoms with Crippen LogP contribution in [0.5, 0.6) is 0 Å². The number of imide groups is 1. The Morgan fingerprint density at radius 1 is 1.03 bits per heavy atom. The molecular weight excluding hydrogens is 378 g/mol. The van der Waals surface area contributed by atoms with E-state index in [0.717, 1.165) is 26.1 Å². The minimum Gasteiger partial charge on any atom is -0.332 e. The summed E-state index contributed by atoms with van der Waals surface area (Å²) in [6.45, 7) is 7.12. The standard InChI is InChI=1S/C24H25N3O3/c1-2-10-25-12-15-11-16(14-25)24-9-8-18(21(28)26(24)13-15)19-20(24)23(30)27(22(19)29)17-6-4-3-5-7-17/h2-9,15-16,18-20H,1,10-14H2/t15-,16+,18+,19-,20+,24+/m0/s1. The molecule has 4 fully saturated rings. The molecule has 6 heteroatoms. The Balaban J connectivity index is 1.47. The summed E-state index contributed by atoms with van der Waals surface area (Å²) in [5, 5.41) is 0. The van der Waals surface area contributed by atoms with Crippen molar-refractivity contribution in [3.8, 4) is 0 Å². The van der Waals surface area contributed by atoms with E-state index in [1.807, 2.05) is 35.3 Å². The van der Waals surface area contributed by atoms with Crippen LogP contribution in [0.1, 0.15) is 6.42 Å². The summed E-state index contributed by atoms with van der Waals surface area (Å²) in [4.78, 5) is 46.4. The monoisotopic (exact) mass is 403 g/mol. The van der Waals surface area contributed by atoms with Crippen molar-refractivity contribution in [2.45, 2.75) is 12.0 Å². The number of hydrogen-bond acceptors (Lipinski definition) is 4. The van der Waals surface area contributed by atoms with Crippen molar-refractivity contribution in [2.75, 3.05) is 31.1 Å². The minimum atomic E-state index is -0.691. The first-order valence-corrected chi connectivity index (χ1v) is 10.8. The zero-order chi connectivity index (χ0) is 20.6. The number of hydrogen-bond donors (Lipinski definition) is 0. The van der Waals surface area contributed by atoms with Crippen LogP contribution in [-0.2, 0) is 14.4 Å². The van der Waals surface area contributed by atoms with Crippen LogP contribution in [0, 0.1) is 29.6 Å². The lowest BCUT2D eigenvalue weighted by Crippen LogP contribution is -2.75. The van der Waals surface area contributed by atoms with E-state index in [1.165, 1.54) is 4.90 Å². The zero-order valence-corrected chi connectivity index (χ0v) is 16.8. The molecule has 7 rings (SSSR count). The van der Waals surface area contributed by atoms with Crippen LogP contribution >= 0.6 is 0 Å². The van der Waals surface area contributed by atoms with E-state index in [-0.39, 0.29) is 23.6 Å². The van der Waals surface area contributed by atoms with Crippen molar-refractivity contribution in [3.05, 3.63) is 55.1 Å². The van der Waals surface area contributed by atoms with Gasteiger partial charge < -0.3 is 4.90 Å². The summed E-state index contributed by atoms with van der Waals surface area (Å²) >= 11 is 0. The van der Waals surface area contributed by atoms with Gasteiger partial charge in [0.1, 0.15) is 0 Å². The van der Waals surface area contributed by atoms with Gasteiger partial charge in [-0.05, 0) is 30.4 Å². The Labute approximate surface area is 175 Å². The molecule has 0 N–H and O–H groups in total. The van der Waals surface area contributed by atoms with Crippen LogP contribution in [0.3, 0.4) is 0 Å². The highest BCUT2D eigenvalue weighted by Gasteiger charge is 2.71. The van der Waals surface area contributed by atoms with E-state index in [0.29, 0.717) is 18.2 Å². The lowest BCUT2D eigenvalue weighted by molar-refractivity contribution is -0.176. The van der Waals surface area contributed by atoms with E-state index in [1.54, 1.807) is 12.1 Å². The topological polar surface area (TPSA) is 60.9 Å². The third-order valence-electron chi connectivity index (χ3n) is 7.93. The number of piperidine rings is 3. The van der Waals surface area contributed by atoms with Gasteiger partial charge in [0.05, 0.1) is 29.0 Å². The molecule has 4 bridgehead atoms. The van der Waals surface area contributed by atoms with E-state index in [2.05, 4.69) is 17.6 Å². The number of nitrogens with zero attached hydrogens (tertiary/aromatic N) is 3. The molecule has 4 saturated heterocycles. The first-order valence-electron chi connectivity index (χ1n) is 10.8. The summed E-state index contributed by atoms with van der Waals surface area (Å²) in [7, 11) is 0. The van der Waals surface area contributed by atoms with E-state index in [9.17, 15) is 14.4 Å². The second kappa shape index (κ2) is 6.14. The van der Waals surface area contributed by atoms with Crippen LogP contribution in [0.25, 0.3) is 0 Å². The number of rotatable bonds is 3. The Bertz CT molecular complexity index is 989. The molecule has 1 spiro atoms. The molecule has 0 radical (unpaired) electrons. The maximum absolute atomic E-state index is 13.8. The van der Waals surface area contributed by atoms with Gasteiger partial charge in [0, 0.05) is 26.2 Å². The normalized spacial score (nSPS) is 39.3. The van der Waals surface area contributed by atoms with Crippen LogP contribution in [0.4, 0.5) is 5.69 Å². The molecule has 0 unspecified atom stereocenters. The number of carbonyl (C=O) groups is 3. The lowest BCUT2D eigenvalue weighted by Gasteiger charge is -2.64. The van der Waals surface area contributed by atoms with Gasteiger partial charge in [0.25, 0.3) is 0 Å². The average Bonchev–Trinajstić information content (AvgIpc) is 3.03. The Morgan fingerprint density at radius 2 is 1.83 bits per heavy atom. The van der Waals surface area contributed by atoms with Crippen molar-refractivity contribution in [3.63, 3.8) is 0 Å². The number of anilines is 1. The van der Waals surface area contributed by atoms with Crippen molar-refractivity contribution in [2.24, 2.45) is 29.6 Å². The SMILES string of the molecule is C=CCN1C[C@@H]2C[C@H](C1)[C@@]13C=C[C@@H](C(=O)N1C2)[C@@H]1C(=O)N(c2ccccc2)C(=O)[C@@H]13. The zero-order valence-electron chi connectivity index (χ0n) is 16.8. The predicted octanol–water partition coefficient (Wildman–Crippen LogP) is 1.70. The summed E-state index contributed by atoms with van der Waals surface area (Å²) in [6.07, 6.45) is 6.94. The Morgan fingerprint density at radius 3 is 2.60 bits per heavy atom. The molecule has 0 aromatic heterocycles. The van der Waals surface area contributed by atoms with Crippen LogP contribution in [-0.4, -0.2) is 59.2 Å². The quantitative estimate of drug-likeness (QED) is 0.569. The second-order valence-electron chi connectivity index (χ2n) is 9.38. The van der Waals surface area contributed by atoms with Crippen molar-refractivity contribution < 1.29 is 14.4 Å². The number of likely N-dealkylation sites (tertiary alicyclic amines) is 1. The summed E-state index contributed by atoms with van der Waals surface area (Å²) < 4.78 is 0. The highest BCUT2D eigenvalue weighted by Crippen LogP contribution is 2.58. The van der Waals surface area contributed by atoms with Gasteiger partial charge in [-0.3, -0.25) is 19.3 Å². The van der Waals surface area contributed by atoms with Crippen LogP contribution in [0.2, 0.25) is 0 Å². The van der Waals surface area contributed by atoms with Gasteiger partial charge >= 0.3 is 0 Å². The van der Waals surface area contributed by atoms with Gasteiger partial charge in [-0.15, -0.1) is 6.58 Å². The third kappa shape index (κ3) is 2.10. The molecule has 6 aliphatic rings. The fraction of sp³-hybridized carbons (Fsp3) is 0.458. The maximum Gasteiger partial charge on any atom is 0.240 e. The number of benzene rings is 1. The predicted molar refractivity (Wildman–Crippen MR) is 111 cm³/mol. The smallest absolute Gasteiger partial charge is 0.240 e. The minimum absolute atomic E-state index is 0.0293. The molecule has 6 nitrogen and oxygen atoms in total. The van der Waals surface area contributed by atoms with E-state index in [4.69, 9.17) is 0 Å². The average molecular weight is 403 g/mol. The molecule has 1 aliphatic carbocycles. The van der Waals surface area contributed by atoms with Gasteiger partial charge in [-0.25, -0.2) is 4.90 Å². The molecule has 3 amide bonds. The fourth-order valence-electron chi connectivity index (χ4n) is 6.94. The molecule has 30 heavy (non-hydrogen) atoms. The summed E-state index contributed by atoms with van der Waals surface area (Å²) in [5.74, 6) is -1.40. The molecule has 1 aromatic carbocycles. The van der Waals surface area contributed by atoms with Crippen LogP contribution in [0.15, 0.2) is 55.1 Å². The molecule has 1 aromatic rings. The summed E-state index contributed by atoms with van der Waals surface area (Å²) in [5.41, 5.74) is -0.0920. The molecule has 5 heterocycles. The third-order valence-corrected chi connectivity index (χ3v) is 7.93. The second-order valence-corrected chi connectivity index (χ2v) is 9.38. The fourth-order valence-corrected chi connectivity index (χ4v) is 6.94. The molecule has 0 saturated carbocycles. The molecular formula is C24H25N3O3. The first-order chi connectivity index (χ1) is 14.6. The van der Waals surface area contributed by atoms with Crippen molar-refractivity contribution in [1.82, 2.24) is 9.80 Å². The van der Waals surface area contributed by atoms with E-state index < -0.39 is 23.3 Å². The van der Waals surface area contributed by atoms with E-state index >= 15 is 0 Å². The first kappa shape index (κ1) is 18.1. The largest absolute Gasteiger partial charge is 0.332 e. The highest BCUT2D eigenvalue weighted by atomic mass is 16.2. The van der Waals surface area contributed by atoms with Crippen molar-refractivity contribution >= 4 is 23.4 Å². The van der Waals surface area contributed by atoms with Crippen LogP contribution < -0.4 is 4.90 Å². The Kier molecular flexibility index (Phi) is 3.70. The van der Waals surface area contributed by atoms with Gasteiger partial charge in [-0.2, -0.15) is 0 Å². The maximum atomic E-state index is 13.8.